The van der Waals surface area contributed by atoms with Crippen molar-refractivity contribution in [1.82, 2.24) is 0 Å². The maximum atomic E-state index is 13.6. The summed E-state index contributed by atoms with van der Waals surface area (Å²) in [4.78, 5) is 28.6. The fraction of sp³-hybridized carbons (Fsp3) is 0.286. The minimum absolute atomic E-state index is 0.152. The normalized spacial score (nSPS) is 17.2. The van der Waals surface area contributed by atoms with Crippen LogP contribution in [0.5, 0.6) is 23.0 Å². The molecule has 1 fully saturated rings. The molecule has 3 aromatic carbocycles. The van der Waals surface area contributed by atoms with Gasteiger partial charge < -0.3 is 29.2 Å². The van der Waals surface area contributed by atoms with E-state index < -0.39 is 17.8 Å². The molecule has 2 amide bonds. The van der Waals surface area contributed by atoms with Gasteiger partial charge in [-0.25, -0.2) is 4.39 Å². The van der Waals surface area contributed by atoms with Gasteiger partial charge in [-0.15, -0.1) is 0 Å². The van der Waals surface area contributed by atoms with Crippen molar-refractivity contribution >= 4 is 23.2 Å². The Morgan fingerprint density at radius 2 is 1.51 bits per heavy atom. The van der Waals surface area contributed by atoms with Crippen LogP contribution in [0.2, 0.25) is 0 Å². The van der Waals surface area contributed by atoms with Crippen molar-refractivity contribution in [3.63, 3.8) is 0 Å². The highest BCUT2D eigenvalue weighted by Crippen LogP contribution is 2.46. The molecule has 0 aromatic heterocycles. The lowest BCUT2D eigenvalue weighted by atomic mass is 9.83. The van der Waals surface area contributed by atoms with Crippen LogP contribution in [-0.4, -0.2) is 40.3 Å². The summed E-state index contributed by atoms with van der Waals surface area (Å²) in [6.07, 6.45) is 0.494. The first kappa shape index (κ1) is 25.8. The largest absolute Gasteiger partial charge is 0.497 e. The molecule has 1 aliphatic rings. The Morgan fingerprint density at radius 1 is 0.892 bits per heavy atom. The number of carbonyl (C=O) groups is 2. The first-order chi connectivity index (χ1) is 17.9. The van der Waals surface area contributed by atoms with Crippen LogP contribution in [0.25, 0.3) is 0 Å². The van der Waals surface area contributed by atoms with Gasteiger partial charge >= 0.3 is 0 Å². The summed E-state index contributed by atoms with van der Waals surface area (Å²) < 4.78 is 35.1. The number of benzene rings is 3. The maximum absolute atomic E-state index is 13.6. The van der Waals surface area contributed by atoms with E-state index in [-0.39, 0.29) is 18.2 Å². The van der Waals surface area contributed by atoms with Crippen LogP contribution in [0.3, 0.4) is 0 Å². The summed E-state index contributed by atoms with van der Waals surface area (Å²) >= 11 is 0. The van der Waals surface area contributed by atoms with Gasteiger partial charge in [0, 0.05) is 24.2 Å². The van der Waals surface area contributed by atoms with E-state index >= 15 is 0 Å². The monoisotopic (exact) mass is 508 g/mol. The average Bonchev–Trinajstić information content (AvgIpc) is 2.93. The molecule has 194 valence electrons. The van der Waals surface area contributed by atoms with E-state index in [0.717, 1.165) is 5.56 Å². The van der Waals surface area contributed by atoms with Crippen molar-refractivity contribution in [3.8, 4) is 23.0 Å². The van der Waals surface area contributed by atoms with Crippen molar-refractivity contribution in [3.05, 3.63) is 72.0 Å². The number of ether oxygens (including phenoxy) is 4. The van der Waals surface area contributed by atoms with Gasteiger partial charge in [0.15, 0.2) is 11.5 Å². The quantitative estimate of drug-likeness (QED) is 0.462. The molecule has 0 spiro atoms. The zero-order valence-electron chi connectivity index (χ0n) is 21.1. The van der Waals surface area contributed by atoms with Crippen molar-refractivity contribution < 1.29 is 32.9 Å². The molecule has 1 aliphatic heterocycles. The van der Waals surface area contributed by atoms with Gasteiger partial charge in [-0.2, -0.15) is 0 Å². The van der Waals surface area contributed by atoms with Crippen LogP contribution in [0.1, 0.15) is 24.4 Å². The van der Waals surface area contributed by atoms with Gasteiger partial charge in [0.25, 0.3) is 0 Å². The summed E-state index contributed by atoms with van der Waals surface area (Å²) in [5.74, 6) is 0.383. The average molecular weight is 509 g/mol. The van der Waals surface area contributed by atoms with E-state index in [2.05, 4.69) is 5.32 Å². The molecule has 4 rings (SSSR count). The highest BCUT2D eigenvalue weighted by molar-refractivity contribution is 6.00. The molecular weight excluding hydrogens is 479 g/mol. The zero-order chi connectivity index (χ0) is 26.5. The van der Waals surface area contributed by atoms with Crippen LogP contribution >= 0.6 is 0 Å². The van der Waals surface area contributed by atoms with Gasteiger partial charge in [-0.3, -0.25) is 9.59 Å². The number of rotatable bonds is 8. The minimum Gasteiger partial charge on any atom is -0.497 e. The zero-order valence-corrected chi connectivity index (χ0v) is 21.1. The lowest BCUT2D eigenvalue weighted by Crippen LogP contribution is -2.47. The third-order valence-corrected chi connectivity index (χ3v) is 6.43. The SMILES string of the molecule is COc1ccc(C2C(C(=O)Nc3ccc(F)cc3)CCC(=O)N2c2cc(OC)c(OC)c(OC)c2)cc1. The number of halogens is 1. The highest BCUT2D eigenvalue weighted by atomic mass is 19.1. The number of carbonyl (C=O) groups excluding carboxylic acids is 2. The predicted molar refractivity (Wildman–Crippen MR) is 137 cm³/mol. The van der Waals surface area contributed by atoms with Crippen molar-refractivity contribution in [2.24, 2.45) is 5.92 Å². The Morgan fingerprint density at radius 3 is 2.05 bits per heavy atom. The number of nitrogens with one attached hydrogen (secondary N) is 1. The summed E-state index contributed by atoms with van der Waals surface area (Å²) in [7, 11) is 6.07. The van der Waals surface area contributed by atoms with Crippen molar-refractivity contribution in [2.45, 2.75) is 18.9 Å². The number of amides is 2. The van der Waals surface area contributed by atoms with Crippen LogP contribution in [0.4, 0.5) is 15.8 Å². The lowest BCUT2D eigenvalue weighted by molar-refractivity contribution is -0.125. The van der Waals surface area contributed by atoms with E-state index in [0.29, 0.717) is 40.8 Å². The molecule has 1 heterocycles. The predicted octanol–water partition coefficient (Wildman–Crippen LogP) is 4.98. The number of methoxy groups -OCH3 is 4. The topological polar surface area (TPSA) is 86.3 Å². The molecule has 37 heavy (non-hydrogen) atoms. The van der Waals surface area contributed by atoms with E-state index in [4.69, 9.17) is 18.9 Å². The first-order valence-electron chi connectivity index (χ1n) is 11.7. The van der Waals surface area contributed by atoms with Gasteiger partial charge in [-0.05, 0) is 48.4 Å². The van der Waals surface area contributed by atoms with Crippen LogP contribution in [0, 0.1) is 11.7 Å². The van der Waals surface area contributed by atoms with Crippen LogP contribution in [-0.2, 0) is 9.59 Å². The van der Waals surface area contributed by atoms with Gasteiger partial charge in [0.2, 0.25) is 17.6 Å². The van der Waals surface area contributed by atoms with Crippen molar-refractivity contribution in [2.75, 3.05) is 38.7 Å². The Bertz CT molecular complexity index is 1240. The molecule has 8 nitrogen and oxygen atoms in total. The molecule has 1 N–H and O–H groups in total. The highest BCUT2D eigenvalue weighted by Gasteiger charge is 2.42. The fourth-order valence-electron chi connectivity index (χ4n) is 4.63. The summed E-state index contributed by atoms with van der Waals surface area (Å²) in [6, 6.07) is 15.6. The Kier molecular flexibility index (Phi) is 7.81. The summed E-state index contributed by atoms with van der Waals surface area (Å²) in [5.41, 5.74) is 1.72. The van der Waals surface area contributed by atoms with E-state index in [1.807, 2.05) is 12.1 Å². The molecule has 0 saturated carbocycles. The summed E-state index contributed by atoms with van der Waals surface area (Å²) in [6.45, 7) is 0. The molecule has 2 unspecified atom stereocenters. The second kappa shape index (κ2) is 11.2. The maximum Gasteiger partial charge on any atom is 0.229 e. The molecule has 3 aromatic rings. The second-order valence-electron chi connectivity index (χ2n) is 8.51. The fourth-order valence-corrected chi connectivity index (χ4v) is 4.63. The van der Waals surface area contributed by atoms with E-state index in [1.54, 1.807) is 36.3 Å². The minimum atomic E-state index is -0.643. The number of hydrogen-bond donors (Lipinski definition) is 1. The summed E-state index contributed by atoms with van der Waals surface area (Å²) in [5, 5.41) is 2.87. The third-order valence-electron chi connectivity index (χ3n) is 6.43. The van der Waals surface area contributed by atoms with Gasteiger partial charge in [0.05, 0.1) is 46.1 Å². The Hall–Kier alpha value is -4.27. The number of anilines is 2. The molecule has 0 radical (unpaired) electrons. The number of nitrogens with zero attached hydrogens (tertiary/aromatic N) is 1. The number of piperidine rings is 1. The molecule has 2 atom stereocenters. The van der Waals surface area contributed by atoms with Gasteiger partial charge in [-0.1, -0.05) is 12.1 Å². The molecule has 9 heteroatoms. The molecular formula is C28H29FN2O6. The van der Waals surface area contributed by atoms with Crippen LogP contribution in [0.15, 0.2) is 60.7 Å². The molecule has 0 bridgehead atoms. The lowest BCUT2D eigenvalue weighted by Gasteiger charge is -2.41. The Balaban J connectivity index is 1.81. The first-order valence-corrected chi connectivity index (χ1v) is 11.7. The molecule has 1 saturated heterocycles. The Labute approximate surface area is 214 Å². The van der Waals surface area contributed by atoms with Gasteiger partial charge in [0.1, 0.15) is 11.6 Å². The molecule has 0 aliphatic carbocycles. The number of hydrogen-bond acceptors (Lipinski definition) is 6. The van der Waals surface area contributed by atoms with E-state index in [9.17, 15) is 14.0 Å². The second-order valence-corrected chi connectivity index (χ2v) is 8.51. The third kappa shape index (κ3) is 5.30. The van der Waals surface area contributed by atoms with Crippen molar-refractivity contribution in [1.29, 1.82) is 0 Å². The smallest absolute Gasteiger partial charge is 0.229 e. The van der Waals surface area contributed by atoms with E-state index in [1.165, 1.54) is 45.6 Å². The van der Waals surface area contributed by atoms with Crippen LogP contribution < -0.4 is 29.2 Å². The standard InChI is InChI=1S/C28H29FN2O6/c1-34-21-11-5-17(6-12-21)26-22(28(33)30-19-9-7-18(29)8-10-19)13-14-25(32)31(26)20-15-23(35-2)27(37-4)24(16-20)36-3/h5-12,15-16,22,26H,13-14H2,1-4H3,(H,30,33).